The number of nitrogens with zero attached hydrogens (tertiary/aromatic N) is 3. The van der Waals surface area contributed by atoms with Crippen LogP contribution >= 0.6 is 0 Å². The van der Waals surface area contributed by atoms with Gasteiger partial charge in [0.15, 0.2) is 5.82 Å². The van der Waals surface area contributed by atoms with Gasteiger partial charge < -0.3 is 10.2 Å². The molecular weight excluding hydrogens is 224 g/mol. The Labute approximate surface area is 111 Å². The third-order valence-electron chi connectivity index (χ3n) is 2.78. The molecule has 1 N–H and O–H groups in total. The molecule has 18 heavy (non-hydrogen) atoms. The van der Waals surface area contributed by atoms with E-state index in [9.17, 15) is 0 Å². The van der Waals surface area contributed by atoms with Crippen molar-refractivity contribution in [3.8, 4) is 0 Å². The van der Waals surface area contributed by atoms with E-state index in [4.69, 9.17) is 0 Å². The fourth-order valence-corrected chi connectivity index (χ4v) is 1.79. The van der Waals surface area contributed by atoms with Crippen LogP contribution in [0.5, 0.6) is 0 Å². The van der Waals surface area contributed by atoms with Gasteiger partial charge in [-0.15, -0.1) is 5.10 Å². The van der Waals surface area contributed by atoms with Crippen molar-refractivity contribution in [2.75, 3.05) is 11.4 Å². The van der Waals surface area contributed by atoms with Gasteiger partial charge in [0.25, 0.3) is 0 Å². The van der Waals surface area contributed by atoms with Gasteiger partial charge >= 0.3 is 0 Å². The summed E-state index contributed by atoms with van der Waals surface area (Å²) in [4.78, 5) is 2.28. The lowest BCUT2D eigenvalue weighted by Crippen LogP contribution is -2.32. The monoisotopic (exact) mass is 250 g/mol. The molecule has 0 fully saturated rings. The molecule has 0 aromatic carbocycles. The molecule has 0 saturated carbocycles. The van der Waals surface area contributed by atoms with Crippen LogP contribution in [0.4, 0.5) is 5.82 Å². The fourth-order valence-electron chi connectivity index (χ4n) is 1.79. The molecule has 0 unspecified atom stereocenters. The Kier molecular flexibility index (Phi) is 6.05. The summed E-state index contributed by atoms with van der Waals surface area (Å²) in [6.07, 6.45) is 1.12. The summed E-state index contributed by atoms with van der Waals surface area (Å²) in [5.41, 5.74) is 0.993. The Balaban J connectivity index is 2.68. The average Bonchev–Trinajstić information content (AvgIpc) is 2.34. The van der Waals surface area contributed by atoms with Gasteiger partial charge in [0.1, 0.15) is 0 Å². The number of hydrogen-bond acceptors (Lipinski definition) is 4. The van der Waals surface area contributed by atoms with E-state index >= 15 is 0 Å². The first kappa shape index (κ1) is 14.9. The third kappa shape index (κ3) is 4.61. The molecule has 0 aliphatic carbocycles. The number of rotatable bonds is 7. The lowest BCUT2D eigenvalue weighted by molar-refractivity contribution is 0.576. The summed E-state index contributed by atoms with van der Waals surface area (Å²) < 4.78 is 0. The Bertz CT molecular complexity index is 332. The van der Waals surface area contributed by atoms with E-state index in [-0.39, 0.29) is 0 Å². The topological polar surface area (TPSA) is 41.0 Å². The molecule has 0 spiro atoms. The average molecular weight is 250 g/mol. The van der Waals surface area contributed by atoms with Crippen LogP contribution in [0.2, 0.25) is 0 Å². The second-order valence-electron chi connectivity index (χ2n) is 5.21. The Morgan fingerprint density at radius 1 is 1.17 bits per heavy atom. The zero-order chi connectivity index (χ0) is 13.5. The molecule has 0 radical (unpaired) electrons. The minimum atomic E-state index is 0.457. The van der Waals surface area contributed by atoms with E-state index < -0.39 is 0 Å². The van der Waals surface area contributed by atoms with E-state index in [1.165, 1.54) is 0 Å². The second kappa shape index (κ2) is 7.31. The van der Waals surface area contributed by atoms with Gasteiger partial charge in [0.2, 0.25) is 0 Å². The van der Waals surface area contributed by atoms with Crippen molar-refractivity contribution in [3.05, 3.63) is 17.8 Å². The van der Waals surface area contributed by atoms with Crippen molar-refractivity contribution in [1.82, 2.24) is 15.5 Å². The molecule has 102 valence electrons. The Hall–Kier alpha value is -1.16. The lowest BCUT2D eigenvalue weighted by atomic mass is 10.2. The molecule has 0 saturated heterocycles. The fraction of sp³-hybridized carbons (Fsp3) is 0.714. The van der Waals surface area contributed by atoms with Crippen LogP contribution in [-0.4, -0.2) is 28.8 Å². The van der Waals surface area contributed by atoms with E-state index in [1.807, 2.05) is 0 Å². The number of hydrogen-bond donors (Lipinski definition) is 1. The first-order valence-electron chi connectivity index (χ1n) is 6.87. The highest BCUT2D eigenvalue weighted by Crippen LogP contribution is 2.13. The summed E-state index contributed by atoms with van der Waals surface area (Å²) in [6.45, 7) is 12.6. The molecule has 1 rings (SSSR count). The van der Waals surface area contributed by atoms with Gasteiger partial charge in [-0.05, 0) is 32.4 Å². The molecule has 0 aliphatic rings. The molecule has 4 nitrogen and oxygen atoms in total. The predicted molar refractivity (Wildman–Crippen MR) is 76.8 cm³/mol. The standard InChI is InChI=1S/C14H26N4/c1-6-9-18(12(4)5)14-8-7-13(16-17-14)10-15-11(2)3/h7-8,11-12,15H,6,9-10H2,1-5H3. The summed E-state index contributed by atoms with van der Waals surface area (Å²) in [5.74, 6) is 0.972. The number of nitrogens with one attached hydrogen (secondary N) is 1. The van der Waals surface area contributed by atoms with Crippen LogP contribution in [0.25, 0.3) is 0 Å². The Morgan fingerprint density at radius 2 is 1.89 bits per heavy atom. The highest BCUT2D eigenvalue weighted by Gasteiger charge is 2.11. The first-order chi connectivity index (χ1) is 8.54. The maximum Gasteiger partial charge on any atom is 0.151 e. The van der Waals surface area contributed by atoms with Crippen molar-refractivity contribution in [1.29, 1.82) is 0 Å². The predicted octanol–water partition coefficient (Wildman–Crippen LogP) is 2.60. The molecular formula is C14H26N4. The lowest BCUT2D eigenvalue weighted by Gasteiger charge is -2.26. The summed E-state index contributed by atoms with van der Waals surface area (Å²) in [6, 6.07) is 5.06. The molecule has 0 bridgehead atoms. The number of anilines is 1. The van der Waals surface area contributed by atoms with Gasteiger partial charge in [-0.1, -0.05) is 20.8 Å². The summed E-state index contributed by atoms with van der Waals surface area (Å²) >= 11 is 0. The maximum atomic E-state index is 4.33. The molecule has 1 aromatic heterocycles. The normalized spacial score (nSPS) is 11.3. The summed E-state index contributed by atoms with van der Waals surface area (Å²) in [7, 11) is 0. The smallest absolute Gasteiger partial charge is 0.151 e. The highest BCUT2D eigenvalue weighted by molar-refractivity contribution is 5.38. The molecule has 0 amide bonds. The zero-order valence-electron chi connectivity index (χ0n) is 12.3. The maximum absolute atomic E-state index is 4.33. The van der Waals surface area contributed by atoms with E-state index in [0.717, 1.165) is 31.0 Å². The second-order valence-corrected chi connectivity index (χ2v) is 5.21. The van der Waals surface area contributed by atoms with Crippen LogP contribution in [0.15, 0.2) is 12.1 Å². The van der Waals surface area contributed by atoms with Crippen molar-refractivity contribution < 1.29 is 0 Å². The van der Waals surface area contributed by atoms with Crippen molar-refractivity contribution in [3.63, 3.8) is 0 Å². The molecule has 1 aromatic rings. The molecule has 0 atom stereocenters. The van der Waals surface area contributed by atoms with Crippen LogP contribution in [-0.2, 0) is 6.54 Å². The van der Waals surface area contributed by atoms with Crippen molar-refractivity contribution >= 4 is 5.82 Å². The van der Waals surface area contributed by atoms with Gasteiger partial charge in [0.05, 0.1) is 5.69 Å². The van der Waals surface area contributed by atoms with Gasteiger partial charge in [-0.25, -0.2) is 0 Å². The minimum absolute atomic E-state index is 0.457. The van der Waals surface area contributed by atoms with E-state index in [0.29, 0.717) is 12.1 Å². The summed E-state index contributed by atoms with van der Waals surface area (Å²) in [5, 5.41) is 12.0. The van der Waals surface area contributed by atoms with Gasteiger partial charge in [0, 0.05) is 25.2 Å². The molecule has 0 aliphatic heterocycles. The van der Waals surface area contributed by atoms with Gasteiger partial charge in [-0.3, -0.25) is 0 Å². The largest absolute Gasteiger partial charge is 0.353 e. The third-order valence-corrected chi connectivity index (χ3v) is 2.78. The minimum Gasteiger partial charge on any atom is -0.353 e. The SMILES string of the molecule is CCCN(c1ccc(CNC(C)C)nn1)C(C)C. The molecule has 4 heteroatoms. The number of aromatic nitrogens is 2. The highest BCUT2D eigenvalue weighted by atomic mass is 15.3. The van der Waals surface area contributed by atoms with Crippen LogP contribution in [0.3, 0.4) is 0 Å². The van der Waals surface area contributed by atoms with E-state index in [2.05, 4.69) is 67.2 Å². The quantitative estimate of drug-likeness (QED) is 0.807. The van der Waals surface area contributed by atoms with Crippen molar-refractivity contribution in [2.24, 2.45) is 0 Å². The van der Waals surface area contributed by atoms with Crippen molar-refractivity contribution in [2.45, 2.75) is 59.7 Å². The first-order valence-corrected chi connectivity index (χ1v) is 6.87. The van der Waals surface area contributed by atoms with Gasteiger partial charge in [-0.2, -0.15) is 5.10 Å². The van der Waals surface area contributed by atoms with E-state index in [1.54, 1.807) is 0 Å². The van der Waals surface area contributed by atoms with Crippen LogP contribution < -0.4 is 10.2 Å². The molecule has 1 heterocycles. The zero-order valence-corrected chi connectivity index (χ0v) is 12.3. The Morgan fingerprint density at radius 3 is 2.33 bits per heavy atom. The van der Waals surface area contributed by atoms with Crippen LogP contribution in [0.1, 0.15) is 46.7 Å². The van der Waals surface area contributed by atoms with Crippen LogP contribution in [0, 0.1) is 0 Å².